The molecule has 2 rings (SSSR count). The fraction of sp³-hybridized carbons (Fsp3) is 0.533. The molecule has 5 heteroatoms. The Hall–Kier alpha value is -1.59. The van der Waals surface area contributed by atoms with E-state index < -0.39 is 0 Å². The number of hydrogen-bond donors (Lipinski definition) is 2. The normalized spacial score (nSPS) is 19.6. The van der Waals surface area contributed by atoms with Crippen LogP contribution in [0.5, 0.6) is 5.75 Å². The number of nitrogens with zero attached hydrogens (tertiary/aromatic N) is 1. The van der Waals surface area contributed by atoms with E-state index >= 15 is 0 Å². The minimum atomic E-state index is 0.00579. The van der Waals surface area contributed by atoms with Crippen LogP contribution in [0.4, 0.5) is 5.69 Å². The first-order chi connectivity index (χ1) is 9.69. The Morgan fingerprint density at radius 3 is 3.05 bits per heavy atom. The third kappa shape index (κ3) is 4.21. The Morgan fingerprint density at radius 2 is 2.30 bits per heavy atom. The van der Waals surface area contributed by atoms with Gasteiger partial charge in [-0.05, 0) is 26.0 Å². The Bertz CT molecular complexity index is 450. The van der Waals surface area contributed by atoms with Crippen molar-refractivity contribution in [2.24, 2.45) is 0 Å². The van der Waals surface area contributed by atoms with Gasteiger partial charge < -0.3 is 15.4 Å². The molecule has 1 heterocycles. The molecule has 0 spiro atoms. The molecule has 0 aliphatic carbocycles. The summed E-state index contributed by atoms with van der Waals surface area (Å²) in [5.74, 6) is 0.725. The summed E-state index contributed by atoms with van der Waals surface area (Å²) in [7, 11) is 0. The predicted octanol–water partition coefficient (Wildman–Crippen LogP) is 1.32. The highest BCUT2D eigenvalue weighted by atomic mass is 16.5. The lowest BCUT2D eigenvalue weighted by Gasteiger charge is -2.31. The maximum absolute atomic E-state index is 12.1. The average molecular weight is 277 g/mol. The summed E-state index contributed by atoms with van der Waals surface area (Å²) in [5.41, 5.74) is 0.738. The zero-order valence-electron chi connectivity index (χ0n) is 12.2. The topological polar surface area (TPSA) is 53.6 Å². The van der Waals surface area contributed by atoms with E-state index in [9.17, 15) is 4.79 Å². The molecule has 2 N–H and O–H groups in total. The first kappa shape index (κ1) is 14.8. The molecule has 1 amide bonds. The molecular weight excluding hydrogens is 254 g/mol. The second-order valence-electron chi connectivity index (χ2n) is 5.07. The summed E-state index contributed by atoms with van der Waals surface area (Å²) < 4.78 is 5.51. The van der Waals surface area contributed by atoms with Crippen LogP contribution in [0.15, 0.2) is 24.3 Å². The molecule has 1 aliphatic heterocycles. The molecule has 20 heavy (non-hydrogen) atoms. The SMILES string of the molecule is CCOc1ccccc1NC(=O)CN1CCN[C@@H](C)C1. The molecule has 0 saturated carbocycles. The summed E-state index contributed by atoms with van der Waals surface area (Å²) in [6.45, 7) is 7.82. The van der Waals surface area contributed by atoms with Crippen LogP contribution >= 0.6 is 0 Å². The number of hydrogen-bond acceptors (Lipinski definition) is 4. The van der Waals surface area contributed by atoms with Gasteiger partial charge >= 0.3 is 0 Å². The number of piperazine rings is 1. The van der Waals surface area contributed by atoms with Gasteiger partial charge in [0.05, 0.1) is 18.8 Å². The van der Waals surface area contributed by atoms with Crippen LogP contribution < -0.4 is 15.4 Å². The molecule has 110 valence electrons. The van der Waals surface area contributed by atoms with Gasteiger partial charge in [0.2, 0.25) is 5.91 Å². The smallest absolute Gasteiger partial charge is 0.238 e. The van der Waals surface area contributed by atoms with Gasteiger partial charge in [0.15, 0.2) is 0 Å². The lowest BCUT2D eigenvalue weighted by molar-refractivity contribution is -0.117. The molecule has 0 bridgehead atoms. The zero-order chi connectivity index (χ0) is 14.4. The highest BCUT2D eigenvalue weighted by molar-refractivity contribution is 5.93. The lowest BCUT2D eigenvalue weighted by Crippen LogP contribution is -2.51. The highest BCUT2D eigenvalue weighted by Gasteiger charge is 2.18. The van der Waals surface area contributed by atoms with Gasteiger partial charge in [0.25, 0.3) is 0 Å². The molecule has 1 saturated heterocycles. The van der Waals surface area contributed by atoms with Crippen molar-refractivity contribution >= 4 is 11.6 Å². The van der Waals surface area contributed by atoms with E-state index in [-0.39, 0.29) is 5.91 Å². The van der Waals surface area contributed by atoms with Crippen LogP contribution in [0.25, 0.3) is 0 Å². The van der Waals surface area contributed by atoms with Crippen molar-refractivity contribution in [3.8, 4) is 5.75 Å². The second-order valence-corrected chi connectivity index (χ2v) is 5.07. The van der Waals surface area contributed by atoms with Crippen molar-refractivity contribution in [1.29, 1.82) is 0 Å². The number of anilines is 1. The summed E-state index contributed by atoms with van der Waals surface area (Å²) >= 11 is 0. The summed E-state index contributed by atoms with van der Waals surface area (Å²) in [5, 5.41) is 6.30. The first-order valence-electron chi connectivity index (χ1n) is 7.16. The number of carbonyl (C=O) groups excluding carboxylic acids is 1. The monoisotopic (exact) mass is 277 g/mol. The van der Waals surface area contributed by atoms with E-state index in [2.05, 4.69) is 22.5 Å². The Kier molecular flexibility index (Phi) is 5.38. The van der Waals surface area contributed by atoms with Crippen LogP contribution in [0.1, 0.15) is 13.8 Å². The van der Waals surface area contributed by atoms with Gasteiger partial charge in [-0.15, -0.1) is 0 Å². The maximum Gasteiger partial charge on any atom is 0.238 e. The number of para-hydroxylation sites is 2. The minimum Gasteiger partial charge on any atom is -0.492 e. The molecular formula is C15H23N3O2. The Labute approximate surface area is 120 Å². The van der Waals surface area contributed by atoms with Crippen LogP contribution in [-0.4, -0.2) is 49.6 Å². The van der Waals surface area contributed by atoms with Crippen molar-refractivity contribution in [2.45, 2.75) is 19.9 Å². The molecule has 1 aliphatic rings. The van der Waals surface area contributed by atoms with Crippen molar-refractivity contribution in [3.63, 3.8) is 0 Å². The van der Waals surface area contributed by atoms with Crippen LogP contribution in [0.2, 0.25) is 0 Å². The highest BCUT2D eigenvalue weighted by Crippen LogP contribution is 2.23. The lowest BCUT2D eigenvalue weighted by atomic mass is 10.2. The molecule has 1 fully saturated rings. The Morgan fingerprint density at radius 1 is 1.50 bits per heavy atom. The number of nitrogens with one attached hydrogen (secondary N) is 2. The fourth-order valence-corrected chi connectivity index (χ4v) is 2.40. The van der Waals surface area contributed by atoms with Gasteiger partial charge in [0.1, 0.15) is 5.75 Å². The van der Waals surface area contributed by atoms with E-state index in [1.165, 1.54) is 0 Å². The third-order valence-electron chi connectivity index (χ3n) is 3.28. The zero-order valence-corrected chi connectivity index (χ0v) is 12.2. The number of benzene rings is 1. The van der Waals surface area contributed by atoms with Crippen molar-refractivity contribution in [3.05, 3.63) is 24.3 Å². The maximum atomic E-state index is 12.1. The summed E-state index contributed by atoms with van der Waals surface area (Å²) in [4.78, 5) is 14.3. The van der Waals surface area contributed by atoms with Crippen LogP contribution in [0, 0.1) is 0 Å². The average Bonchev–Trinajstić information content (AvgIpc) is 2.41. The first-order valence-corrected chi connectivity index (χ1v) is 7.16. The number of rotatable bonds is 5. The summed E-state index contributed by atoms with van der Waals surface area (Å²) in [6.07, 6.45) is 0. The van der Waals surface area contributed by atoms with Crippen LogP contribution in [-0.2, 0) is 4.79 Å². The molecule has 0 radical (unpaired) electrons. The fourth-order valence-electron chi connectivity index (χ4n) is 2.40. The standard InChI is InChI=1S/C15H23N3O2/c1-3-20-14-7-5-4-6-13(14)17-15(19)11-18-9-8-16-12(2)10-18/h4-7,12,16H,3,8-11H2,1-2H3,(H,17,19)/t12-/m0/s1. The van der Waals surface area contributed by atoms with E-state index in [1.807, 2.05) is 31.2 Å². The molecule has 0 aromatic heterocycles. The van der Waals surface area contributed by atoms with E-state index in [0.29, 0.717) is 19.2 Å². The quantitative estimate of drug-likeness (QED) is 0.852. The minimum absolute atomic E-state index is 0.00579. The van der Waals surface area contributed by atoms with Gasteiger partial charge in [-0.25, -0.2) is 0 Å². The molecule has 1 aromatic carbocycles. The third-order valence-corrected chi connectivity index (χ3v) is 3.28. The van der Waals surface area contributed by atoms with E-state index in [0.717, 1.165) is 31.1 Å². The largest absolute Gasteiger partial charge is 0.492 e. The van der Waals surface area contributed by atoms with Gasteiger partial charge in [-0.3, -0.25) is 9.69 Å². The Balaban J connectivity index is 1.91. The number of ether oxygens (including phenoxy) is 1. The van der Waals surface area contributed by atoms with Crippen molar-refractivity contribution in [2.75, 3.05) is 38.1 Å². The van der Waals surface area contributed by atoms with Crippen LogP contribution in [0.3, 0.4) is 0 Å². The second kappa shape index (κ2) is 7.26. The molecule has 1 atom stereocenters. The predicted molar refractivity (Wildman–Crippen MR) is 80.1 cm³/mol. The van der Waals surface area contributed by atoms with Crippen molar-refractivity contribution in [1.82, 2.24) is 10.2 Å². The molecule has 1 aromatic rings. The van der Waals surface area contributed by atoms with Gasteiger partial charge in [-0.2, -0.15) is 0 Å². The number of amides is 1. The van der Waals surface area contributed by atoms with Gasteiger partial charge in [-0.1, -0.05) is 12.1 Å². The van der Waals surface area contributed by atoms with Crippen molar-refractivity contribution < 1.29 is 9.53 Å². The molecule has 5 nitrogen and oxygen atoms in total. The summed E-state index contributed by atoms with van der Waals surface area (Å²) in [6, 6.07) is 7.96. The number of carbonyl (C=O) groups is 1. The van der Waals surface area contributed by atoms with Gasteiger partial charge in [0, 0.05) is 25.7 Å². The molecule has 0 unspecified atom stereocenters. The van der Waals surface area contributed by atoms with E-state index in [1.54, 1.807) is 0 Å². The van der Waals surface area contributed by atoms with E-state index in [4.69, 9.17) is 4.74 Å².